The zero-order chi connectivity index (χ0) is 15.8. The van der Waals surface area contributed by atoms with E-state index in [2.05, 4.69) is 25.7 Å². The summed E-state index contributed by atoms with van der Waals surface area (Å²) in [4.78, 5) is 15.4. The van der Waals surface area contributed by atoms with Crippen molar-refractivity contribution in [3.63, 3.8) is 0 Å². The molecular weight excluding hydrogens is 271 g/mol. The van der Waals surface area contributed by atoms with Crippen LogP contribution in [0.2, 0.25) is 0 Å². The molecule has 1 heterocycles. The van der Waals surface area contributed by atoms with Crippen LogP contribution >= 0.6 is 0 Å². The van der Waals surface area contributed by atoms with Gasteiger partial charge < -0.3 is 10.6 Å². The molecule has 0 aromatic rings. The molecule has 0 radical (unpaired) electrons. The first-order valence-corrected chi connectivity index (χ1v) is 6.83. The molecule has 20 heavy (non-hydrogen) atoms. The molecule has 1 rings (SSSR count). The van der Waals surface area contributed by atoms with Crippen molar-refractivity contribution in [3.05, 3.63) is 0 Å². The summed E-state index contributed by atoms with van der Waals surface area (Å²) in [7, 11) is 0. The van der Waals surface area contributed by atoms with Crippen molar-refractivity contribution >= 4 is 5.91 Å². The Morgan fingerprint density at radius 2 is 1.55 bits per heavy atom. The number of nitrogens with two attached hydrogens (primary N) is 1. The van der Waals surface area contributed by atoms with E-state index in [0.717, 1.165) is 13.3 Å². The predicted molar refractivity (Wildman–Crippen MR) is 71.2 cm³/mol. The molecule has 4 nitrogen and oxygen atoms in total. The number of hydrogen-bond donors (Lipinski definition) is 1. The highest BCUT2D eigenvalue weighted by atomic mass is 19.4. The van der Waals surface area contributed by atoms with Crippen molar-refractivity contribution in [1.82, 2.24) is 9.80 Å². The lowest BCUT2D eigenvalue weighted by Gasteiger charge is -2.45. The van der Waals surface area contributed by atoms with Crippen LogP contribution in [0.15, 0.2) is 0 Å². The summed E-state index contributed by atoms with van der Waals surface area (Å²) in [6, 6.07) is 0. The van der Waals surface area contributed by atoms with Gasteiger partial charge in [0.25, 0.3) is 5.91 Å². The van der Waals surface area contributed by atoms with E-state index >= 15 is 0 Å². The number of carbonyl (C=O) groups is 1. The van der Waals surface area contributed by atoms with E-state index < -0.39 is 17.6 Å². The van der Waals surface area contributed by atoms with Crippen LogP contribution in [0.5, 0.6) is 0 Å². The fraction of sp³-hybridized carbons (Fsp3) is 0.923. The van der Waals surface area contributed by atoms with Crippen LogP contribution in [-0.2, 0) is 4.79 Å². The second kappa shape index (κ2) is 5.52. The fourth-order valence-corrected chi connectivity index (χ4v) is 2.19. The molecule has 0 aromatic carbocycles. The first-order valence-electron chi connectivity index (χ1n) is 6.83. The van der Waals surface area contributed by atoms with Gasteiger partial charge in [-0.3, -0.25) is 9.69 Å². The predicted octanol–water partition coefficient (Wildman–Crippen LogP) is 1.60. The highest BCUT2D eigenvalue weighted by Crippen LogP contribution is 2.30. The summed E-state index contributed by atoms with van der Waals surface area (Å²) in [6.45, 7) is 8.69. The number of amides is 1. The van der Waals surface area contributed by atoms with Gasteiger partial charge in [0, 0.05) is 31.7 Å². The maximum Gasteiger partial charge on any atom is 0.415 e. The minimum absolute atomic E-state index is 0.00875. The summed E-state index contributed by atoms with van der Waals surface area (Å²) in [5.74, 6) is -1.04. The third kappa shape index (κ3) is 3.25. The average Bonchev–Trinajstić information content (AvgIpc) is 2.36. The van der Waals surface area contributed by atoms with Gasteiger partial charge in [-0.25, -0.2) is 0 Å². The van der Waals surface area contributed by atoms with Gasteiger partial charge in [-0.1, -0.05) is 6.92 Å². The van der Waals surface area contributed by atoms with Crippen molar-refractivity contribution in [2.45, 2.75) is 51.4 Å². The van der Waals surface area contributed by atoms with E-state index in [9.17, 15) is 18.0 Å². The first-order chi connectivity index (χ1) is 8.93. The molecule has 1 saturated heterocycles. The number of carbonyl (C=O) groups excluding carboxylic acids is 1. The lowest BCUT2D eigenvalue weighted by Crippen LogP contribution is -2.65. The standard InChI is InChI=1S/C13H24F3N3O/c1-5-11(2,3)19-8-6-18(7-9-19)10(20)12(4,17)13(14,15)16/h5-9,17H2,1-4H3. The highest BCUT2D eigenvalue weighted by Gasteiger charge is 2.55. The molecule has 1 amide bonds. The molecule has 0 spiro atoms. The molecule has 1 aliphatic rings. The van der Waals surface area contributed by atoms with E-state index in [0.29, 0.717) is 13.1 Å². The zero-order valence-electron chi connectivity index (χ0n) is 12.5. The van der Waals surface area contributed by atoms with Gasteiger partial charge >= 0.3 is 6.18 Å². The van der Waals surface area contributed by atoms with E-state index in [1.54, 1.807) is 0 Å². The minimum atomic E-state index is -4.73. The third-order valence-corrected chi connectivity index (χ3v) is 4.32. The SMILES string of the molecule is CCC(C)(C)N1CCN(C(=O)C(C)(N)C(F)(F)F)CC1. The van der Waals surface area contributed by atoms with E-state index in [1.165, 1.54) is 4.90 Å². The summed E-state index contributed by atoms with van der Waals surface area (Å²) < 4.78 is 38.3. The lowest BCUT2D eigenvalue weighted by molar-refractivity contribution is -0.194. The van der Waals surface area contributed by atoms with Crippen LogP contribution in [0.3, 0.4) is 0 Å². The van der Waals surface area contributed by atoms with Gasteiger partial charge in [-0.15, -0.1) is 0 Å². The summed E-state index contributed by atoms with van der Waals surface area (Å²) >= 11 is 0. The molecule has 0 aromatic heterocycles. The second-order valence-corrected chi connectivity index (χ2v) is 6.15. The molecule has 2 N–H and O–H groups in total. The molecule has 0 bridgehead atoms. The van der Waals surface area contributed by atoms with Crippen LogP contribution in [0.4, 0.5) is 13.2 Å². The van der Waals surface area contributed by atoms with Crippen LogP contribution in [-0.4, -0.2) is 59.1 Å². The molecular formula is C13H24F3N3O. The van der Waals surface area contributed by atoms with Crippen molar-refractivity contribution in [3.8, 4) is 0 Å². The largest absolute Gasteiger partial charge is 0.415 e. The number of hydrogen-bond acceptors (Lipinski definition) is 3. The first kappa shape index (κ1) is 17.2. The monoisotopic (exact) mass is 295 g/mol. The molecule has 1 atom stereocenters. The number of halogens is 3. The minimum Gasteiger partial charge on any atom is -0.338 e. The molecule has 1 fully saturated rings. The molecule has 0 saturated carbocycles. The van der Waals surface area contributed by atoms with E-state index in [4.69, 9.17) is 5.73 Å². The highest BCUT2D eigenvalue weighted by molar-refractivity contribution is 5.86. The summed E-state index contributed by atoms with van der Waals surface area (Å²) in [5, 5.41) is 0. The van der Waals surface area contributed by atoms with Crippen LogP contribution < -0.4 is 5.73 Å². The Morgan fingerprint density at radius 3 is 1.90 bits per heavy atom. The molecule has 0 aliphatic carbocycles. The lowest BCUT2D eigenvalue weighted by atomic mass is 9.97. The van der Waals surface area contributed by atoms with Crippen molar-refractivity contribution in [2.75, 3.05) is 26.2 Å². The Morgan fingerprint density at radius 1 is 1.10 bits per heavy atom. The Kier molecular flexibility index (Phi) is 4.76. The maximum absolute atomic E-state index is 12.8. The van der Waals surface area contributed by atoms with E-state index in [-0.39, 0.29) is 18.6 Å². The Labute approximate surface area is 118 Å². The van der Waals surface area contributed by atoms with Gasteiger partial charge in [-0.2, -0.15) is 13.2 Å². The number of rotatable bonds is 3. The summed E-state index contributed by atoms with van der Waals surface area (Å²) in [6.07, 6.45) is -3.79. The quantitative estimate of drug-likeness (QED) is 0.860. The van der Waals surface area contributed by atoms with Gasteiger partial charge in [-0.05, 0) is 27.2 Å². The van der Waals surface area contributed by atoms with Gasteiger partial charge in [0.15, 0.2) is 5.54 Å². The molecule has 1 aliphatic heterocycles. The Balaban J connectivity index is 2.69. The Bertz CT molecular complexity index is 358. The van der Waals surface area contributed by atoms with Gasteiger partial charge in [0.1, 0.15) is 0 Å². The van der Waals surface area contributed by atoms with E-state index in [1.807, 2.05) is 0 Å². The van der Waals surface area contributed by atoms with Crippen molar-refractivity contribution < 1.29 is 18.0 Å². The number of piperazine rings is 1. The zero-order valence-corrected chi connectivity index (χ0v) is 12.5. The van der Waals surface area contributed by atoms with Crippen molar-refractivity contribution in [2.24, 2.45) is 5.73 Å². The maximum atomic E-state index is 12.8. The summed E-state index contributed by atoms with van der Waals surface area (Å²) in [5.41, 5.74) is 2.37. The van der Waals surface area contributed by atoms with Crippen LogP contribution in [0, 0.1) is 0 Å². The number of alkyl halides is 3. The molecule has 7 heteroatoms. The van der Waals surface area contributed by atoms with Crippen molar-refractivity contribution in [1.29, 1.82) is 0 Å². The second-order valence-electron chi connectivity index (χ2n) is 6.15. The average molecular weight is 295 g/mol. The van der Waals surface area contributed by atoms with Crippen LogP contribution in [0.1, 0.15) is 34.1 Å². The molecule has 118 valence electrons. The Hall–Kier alpha value is -0.820. The normalized spacial score (nSPS) is 21.7. The molecule has 1 unspecified atom stereocenters. The van der Waals surface area contributed by atoms with Gasteiger partial charge in [0.05, 0.1) is 0 Å². The van der Waals surface area contributed by atoms with Gasteiger partial charge in [0.2, 0.25) is 0 Å². The van der Waals surface area contributed by atoms with Crippen LogP contribution in [0.25, 0.3) is 0 Å². The fourth-order valence-electron chi connectivity index (χ4n) is 2.19. The number of nitrogens with zero attached hydrogens (tertiary/aromatic N) is 2. The smallest absolute Gasteiger partial charge is 0.338 e. The third-order valence-electron chi connectivity index (χ3n) is 4.32. The topological polar surface area (TPSA) is 49.6 Å².